The van der Waals surface area contributed by atoms with Gasteiger partial charge in [0.25, 0.3) is 0 Å². The van der Waals surface area contributed by atoms with E-state index in [1.54, 1.807) is 26.0 Å². The summed E-state index contributed by atoms with van der Waals surface area (Å²) in [6.07, 6.45) is 3.60. The van der Waals surface area contributed by atoms with Crippen LogP contribution in [-0.4, -0.2) is 35.1 Å². The number of anilines is 1. The highest BCUT2D eigenvalue weighted by Crippen LogP contribution is 2.22. The summed E-state index contributed by atoms with van der Waals surface area (Å²) in [6.45, 7) is 6.15. The molecule has 1 aliphatic rings. The van der Waals surface area contributed by atoms with E-state index in [9.17, 15) is 19.2 Å². The van der Waals surface area contributed by atoms with Crippen molar-refractivity contribution >= 4 is 29.4 Å². The number of nitrogens with one attached hydrogen (secondary N) is 1. The lowest BCUT2D eigenvalue weighted by atomic mass is 10.1. The summed E-state index contributed by atoms with van der Waals surface area (Å²) in [4.78, 5) is 48.9. The first-order chi connectivity index (χ1) is 14.3. The van der Waals surface area contributed by atoms with Gasteiger partial charge in [-0.2, -0.15) is 0 Å². The van der Waals surface area contributed by atoms with E-state index in [1.165, 1.54) is 4.90 Å². The van der Waals surface area contributed by atoms with E-state index in [-0.39, 0.29) is 43.6 Å². The fourth-order valence-corrected chi connectivity index (χ4v) is 3.27. The molecule has 1 aromatic carbocycles. The van der Waals surface area contributed by atoms with Gasteiger partial charge in [-0.15, -0.1) is 0 Å². The molecule has 0 aromatic heterocycles. The van der Waals surface area contributed by atoms with Gasteiger partial charge in [0.15, 0.2) is 0 Å². The Kier molecular flexibility index (Phi) is 9.02. The molecule has 1 unspecified atom stereocenters. The van der Waals surface area contributed by atoms with Crippen LogP contribution in [0.5, 0.6) is 0 Å². The molecule has 1 aromatic rings. The van der Waals surface area contributed by atoms with Crippen LogP contribution in [0, 0.1) is 11.8 Å². The normalized spacial score (nSPS) is 16.3. The molecule has 0 bridgehead atoms. The van der Waals surface area contributed by atoms with E-state index < -0.39 is 0 Å². The van der Waals surface area contributed by atoms with Crippen molar-refractivity contribution in [1.29, 1.82) is 0 Å². The van der Waals surface area contributed by atoms with Crippen LogP contribution in [0.4, 0.5) is 5.69 Å². The van der Waals surface area contributed by atoms with Gasteiger partial charge in [-0.3, -0.25) is 24.1 Å². The summed E-state index contributed by atoms with van der Waals surface area (Å²) < 4.78 is 5.18. The minimum absolute atomic E-state index is 0. The highest BCUT2D eigenvalue weighted by atomic mass is 16.5. The molecule has 2 rings (SSSR count). The van der Waals surface area contributed by atoms with Crippen LogP contribution in [0.25, 0.3) is 0 Å². The Morgan fingerprint density at radius 1 is 1.17 bits per heavy atom. The molecule has 1 saturated heterocycles. The number of carbonyl (C=O) groups is 4. The van der Waals surface area contributed by atoms with Crippen molar-refractivity contribution in [3.8, 4) is 0 Å². The smallest absolute Gasteiger partial charge is 0.308 e. The standard InChI is InChI=1S/C23H32N2O5.H2/c1-4-18-14-21(27)25(22(18)28)13-7-5-6-8-20(26)24-19-11-9-17(10-12-19)15-30-23(29)16(2)3;/h9-12,16,18H,4-8,13-15H2,1-3H3,(H,24,26);1H. The van der Waals surface area contributed by atoms with Gasteiger partial charge in [0.05, 0.1) is 5.92 Å². The number of likely N-dealkylation sites (tertiary alicyclic amines) is 1. The predicted molar refractivity (Wildman–Crippen MR) is 115 cm³/mol. The summed E-state index contributed by atoms with van der Waals surface area (Å²) in [5, 5.41) is 2.85. The van der Waals surface area contributed by atoms with Crippen LogP contribution in [0.2, 0.25) is 0 Å². The van der Waals surface area contributed by atoms with Crippen LogP contribution in [0.3, 0.4) is 0 Å². The van der Waals surface area contributed by atoms with E-state index >= 15 is 0 Å². The number of ether oxygens (including phenoxy) is 1. The number of amides is 3. The zero-order chi connectivity index (χ0) is 22.1. The second-order valence-corrected chi connectivity index (χ2v) is 8.01. The van der Waals surface area contributed by atoms with Crippen molar-refractivity contribution in [2.75, 3.05) is 11.9 Å². The van der Waals surface area contributed by atoms with Gasteiger partial charge in [0, 0.05) is 32.4 Å². The first-order valence-corrected chi connectivity index (χ1v) is 10.7. The number of hydrogen-bond acceptors (Lipinski definition) is 5. The van der Waals surface area contributed by atoms with E-state index in [1.807, 2.05) is 19.1 Å². The van der Waals surface area contributed by atoms with Crippen molar-refractivity contribution in [1.82, 2.24) is 4.90 Å². The average molecular weight is 419 g/mol. The molecule has 0 radical (unpaired) electrons. The van der Waals surface area contributed by atoms with Crippen LogP contribution in [0.15, 0.2) is 24.3 Å². The number of rotatable bonds is 11. The second-order valence-electron chi connectivity index (χ2n) is 8.01. The van der Waals surface area contributed by atoms with Gasteiger partial charge >= 0.3 is 5.97 Å². The van der Waals surface area contributed by atoms with E-state index in [0.29, 0.717) is 44.3 Å². The predicted octanol–water partition coefficient (Wildman–Crippen LogP) is 3.92. The molecule has 1 atom stereocenters. The van der Waals surface area contributed by atoms with E-state index in [2.05, 4.69) is 5.32 Å². The molecule has 1 fully saturated rings. The maximum absolute atomic E-state index is 12.1. The fraction of sp³-hybridized carbons (Fsp3) is 0.565. The molecule has 0 spiro atoms. The molecular formula is C23H34N2O5. The van der Waals surface area contributed by atoms with Gasteiger partial charge in [0.2, 0.25) is 17.7 Å². The summed E-state index contributed by atoms with van der Waals surface area (Å²) in [7, 11) is 0. The minimum atomic E-state index is -0.240. The second kappa shape index (κ2) is 11.5. The van der Waals surface area contributed by atoms with Crippen molar-refractivity contribution in [2.45, 2.75) is 65.9 Å². The van der Waals surface area contributed by atoms with Crippen molar-refractivity contribution < 1.29 is 25.3 Å². The van der Waals surface area contributed by atoms with Crippen LogP contribution in [-0.2, 0) is 30.5 Å². The number of esters is 1. The number of hydrogen-bond donors (Lipinski definition) is 1. The maximum atomic E-state index is 12.1. The molecule has 30 heavy (non-hydrogen) atoms. The number of imide groups is 1. The van der Waals surface area contributed by atoms with Crippen LogP contribution in [0.1, 0.15) is 66.3 Å². The Morgan fingerprint density at radius 3 is 2.47 bits per heavy atom. The third-order valence-corrected chi connectivity index (χ3v) is 5.21. The number of unbranched alkanes of at least 4 members (excludes halogenated alkanes) is 2. The minimum Gasteiger partial charge on any atom is -0.461 e. The van der Waals surface area contributed by atoms with Gasteiger partial charge in [-0.25, -0.2) is 0 Å². The molecular weight excluding hydrogens is 384 g/mol. The zero-order valence-electron chi connectivity index (χ0n) is 18.1. The molecule has 166 valence electrons. The van der Waals surface area contributed by atoms with Gasteiger partial charge in [0.1, 0.15) is 6.61 Å². The molecule has 0 aliphatic carbocycles. The van der Waals surface area contributed by atoms with Crippen molar-refractivity contribution in [3.63, 3.8) is 0 Å². The summed E-state index contributed by atoms with van der Waals surface area (Å²) >= 11 is 0. The van der Waals surface area contributed by atoms with Crippen molar-refractivity contribution in [3.05, 3.63) is 29.8 Å². The lowest BCUT2D eigenvalue weighted by Crippen LogP contribution is -2.31. The monoisotopic (exact) mass is 418 g/mol. The molecule has 7 heteroatoms. The summed E-state index contributed by atoms with van der Waals surface area (Å²) in [6, 6.07) is 7.20. The topological polar surface area (TPSA) is 92.8 Å². The average Bonchev–Trinajstić information content (AvgIpc) is 3.00. The van der Waals surface area contributed by atoms with Gasteiger partial charge in [-0.1, -0.05) is 39.3 Å². The molecule has 3 amide bonds. The van der Waals surface area contributed by atoms with Crippen molar-refractivity contribution in [2.24, 2.45) is 11.8 Å². The largest absolute Gasteiger partial charge is 0.461 e. The Balaban J connectivity index is 0.00000480. The Morgan fingerprint density at radius 2 is 1.87 bits per heavy atom. The molecule has 1 N–H and O–H groups in total. The molecule has 1 aliphatic heterocycles. The number of carbonyl (C=O) groups excluding carboxylic acids is 4. The third kappa shape index (κ3) is 6.97. The van der Waals surface area contributed by atoms with Gasteiger partial charge in [-0.05, 0) is 37.0 Å². The maximum Gasteiger partial charge on any atom is 0.308 e. The SMILES string of the molecule is CCC1CC(=O)N(CCCCCC(=O)Nc2ccc(COC(=O)C(C)C)cc2)C1=O.[HH]. The first-order valence-electron chi connectivity index (χ1n) is 10.7. The molecule has 1 heterocycles. The highest BCUT2D eigenvalue weighted by Gasteiger charge is 2.36. The quantitative estimate of drug-likeness (QED) is 0.334. The zero-order valence-corrected chi connectivity index (χ0v) is 18.1. The van der Waals surface area contributed by atoms with E-state index in [0.717, 1.165) is 12.0 Å². The fourth-order valence-electron chi connectivity index (χ4n) is 3.27. The number of benzene rings is 1. The van der Waals surface area contributed by atoms with Crippen LogP contribution < -0.4 is 5.32 Å². The first kappa shape index (κ1) is 23.6. The summed E-state index contributed by atoms with van der Waals surface area (Å²) in [5.41, 5.74) is 1.55. The van der Waals surface area contributed by atoms with Crippen LogP contribution >= 0.6 is 0 Å². The van der Waals surface area contributed by atoms with E-state index in [4.69, 9.17) is 4.74 Å². The lowest BCUT2D eigenvalue weighted by molar-refractivity contribution is -0.148. The molecule has 0 saturated carbocycles. The Labute approximate surface area is 179 Å². The lowest BCUT2D eigenvalue weighted by Gasteiger charge is -2.14. The summed E-state index contributed by atoms with van der Waals surface area (Å²) in [5.74, 6) is -0.760. The molecule has 7 nitrogen and oxygen atoms in total. The highest BCUT2D eigenvalue weighted by molar-refractivity contribution is 6.03. The third-order valence-electron chi connectivity index (χ3n) is 5.21. The Hall–Kier alpha value is -2.70. The van der Waals surface area contributed by atoms with Gasteiger partial charge < -0.3 is 10.1 Å². The number of nitrogens with zero attached hydrogens (tertiary/aromatic N) is 1. The Bertz CT molecular complexity index is 764.